The molecule has 0 spiro atoms. The van der Waals surface area contributed by atoms with E-state index in [0.29, 0.717) is 26.3 Å². The maximum absolute atomic E-state index is 13.6. The molecule has 168 valence electrons. The molecule has 1 unspecified atom stereocenters. The summed E-state index contributed by atoms with van der Waals surface area (Å²) in [4.78, 5) is 32.4. The van der Waals surface area contributed by atoms with Gasteiger partial charge in [0.2, 0.25) is 0 Å². The molecule has 0 saturated carbocycles. The topological polar surface area (TPSA) is 63.5 Å². The number of fused-ring (bicyclic) bond motifs is 1. The van der Waals surface area contributed by atoms with E-state index in [1.54, 1.807) is 4.57 Å². The van der Waals surface area contributed by atoms with Gasteiger partial charge in [-0.3, -0.25) is 14.2 Å². The van der Waals surface area contributed by atoms with Gasteiger partial charge in [0.25, 0.3) is 11.5 Å². The third-order valence-corrected chi connectivity index (χ3v) is 6.77. The van der Waals surface area contributed by atoms with Crippen molar-refractivity contribution in [2.45, 2.75) is 19.9 Å². The lowest BCUT2D eigenvalue weighted by atomic mass is 9.95. The number of aryl methyl sites for hydroxylation is 1. The van der Waals surface area contributed by atoms with Crippen molar-refractivity contribution in [2.24, 2.45) is 4.99 Å². The Morgan fingerprint density at radius 1 is 0.941 bits per heavy atom. The smallest absolute Gasteiger partial charge is 0.271 e. The number of para-hydroxylation sites is 1. The van der Waals surface area contributed by atoms with Crippen molar-refractivity contribution in [1.82, 2.24) is 4.57 Å². The first kappa shape index (κ1) is 21.8. The molecule has 0 saturated heterocycles. The number of aromatic nitrogens is 1. The van der Waals surface area contributed by atoms with Crippen LogP contribution in [0.5, 0.6) is 0 Å². The monoisotopic (exact) mass is 465 g/mol. The molecular formula is C28H23N3O2S. The summed E-state index contributed by atoms with van der Waals surface area (Å²) in [6.45, 7) is 3.86. The molecule has 0 aliphatic carbocycles. The van der Waals surface area contributed by atoms with Crippen LogP contribution in [-0.2, 0) is 4.79 Å². The Hall–Kier alpha value is -4.03. The highest BCUT2D eigenvalue weighted by atomic mass is 32.1. The maximum Gasteiger partial charge on any atom is 0.271 e. The van der Waals surface area contributed by atoms with E-state index in [1.807, 2.05) is 105 Å². The van der Waals surface area contributed by atoms with Crippen molar-refractivity contribution in [1.29, 1.82) is 0 Å². The van der Waals surface area contributed by atoms with Crippen molar-refractivity contribution >= 4 is 29.0 Å². The minimum atomic E-state index is -0.568. The summed E-state index contributed by atoms with van der Waals surface area (Å²) in [5, 5.41) is 2.97. The molecule has 34 heavy (non-hydrogen) atoms. The largest absolute Gasteiger partial charge is 0.322 e. The van der Waals surface area contributed by atoms with Gasteiger partial charge in [-0.15, -0.1) is 0 Å². The van der Waals surface area contributed by atoms with Gasteiger partial charge >= 0.3 is 0 Å². The SMILES string of the molecule is CC1=C(C(=O)Nc2ccccc2)C(c2ccccc2)n2c(sc(=Cc3ccc(C)cc3)c2=O)=N1. The lowest BCUT2D eigenvalue weighted by Gasteiger charge is -2.25. The van der Waals surface area contributed by atoms with Gasteiger partial charge in [-0.1, -0.05) is 89.7 Å². The molecule has 6 heteroatoms. The zero-order valence-electron chi connectivity index (χ0n) is 18.9. The van der Waals surface area contributed by atoms with Crippen molar-refractivity contribution in [3.63, 3.8) is 0 Å². The van der Waals surface area contributed by atoms with E-state index in [9.17, 15) is 9.59 Å². The summed E-state index contributed by atoms with van der Waals surface area (Å²) < 4.78 is 2.23. The van der Waals surface area contributed by atoms with Gasteiger partial charge in [0, 0.05) is 5.69 Å². The van der Waals surface area contributed by atoms with Crippen molar-refractivity contribution in [3.05, 3.63) is 133 Å². The Kier molecular flexibility index (Phi) is 5.82. The molecule has 1 aliphatic heterocycles. The number of rotatable bonds is 4. The highest BCUT2D eigenvalue weighted by Gasteiger charge is 2.32. The summed E-state index contributed by atoms with van der Waals surface area (Å²) in [5.41, 5.74) is 4.57. The molecule has 3 aromatic carbocycles. The molecule has 1 N–H and O–H groups in total. The molecule has 0 radical (unpaired) electrons. The van der Waals surface area contributed by atoms with E-state index < -0.39 is 6.04 Å². The van der Waals surface area contributed by atoms with Gasteiger partial charge in [0.15, 0.2) is 4.80 Å². The van der Waals surface area contributed by atoms with Gasteiger partial charge in [0.1, 0.15) is 0 Å². The van der Waals surface area contributed by atoms with Crippen LogP contribution in [0, 0.1) is 6.92 Å². The molecule has 0 fully saturated rings. The van der Waals surface area contributed by atoms with Gasteiger partial charge in [-0.05, 0) is 43.2 Å². The second kappa shape index (κ2) is 9.08. The van der Waals surface area contributed by atoms with Crippen LogP contribution >= 0.6 is 11.3 Å². The number of nitrogens with one attached hydrogen (secondary N) is 1. The molecule has 1 atom stereocenters. The van der Waals surface area contributed by atoms with Crippen molar-refractivity contribution < 1.29 is 4.79 Å². The van der Waals surface area contributed by atoms with Crippen LogP contribution in [0.4, 0.5) is 5.69 Å². The van der Waals surface area contributed by atoms with Gasteiger partial charge in [-0.2, -0.15) is 0 Å². The standard InChI is InChI=1S/C28H23N3O2S/c1-18-13-15-20(16-14-18)17-23-27(33)31-25(21-9-5-3-6-10-21)24(19(2)29-28(31)34-23)26(32)30-22-11-7-4-8-12-22/h3-17,25H,1-2H3,(H,30,32). The highest BCUT2D eigenvalue weighted by Crippen LogP contribution is 2.30. The Bertz CT molecular complexity index is 1560. The fraction of sp³-hybridized carbons (Fsp3) is 0.107. The molecule has 1 aliphatic rings. The normalized spacial score (nSPS) is 15.6. The number of nitrogens with zero attached hydrogens (tertiary/aromatic N) is 2. The Morgan fingerprint density at radius 2 is 1.59 bits per heavy atom. The molecule has 1 amide bonds. The summed E-state index contributed by atoms with van der Waals surface area (Å²) in [6.07, 6.45) is 1.88. The molecule has 0 bridgehead atoms. The summed E-state index contributed by atoms with van der Waals surface area (Å²) in [7, 11) is 0. The van der Waals surface area contributed by atoms with Crippen LogP contribution in [0.15, 0.2) is 106 Å². The lowest BCUT2D eigenvalue weighted by Crippen LogP contribution is -2.40. The van der Waals surface area contributed by atoms with Crippen LogP contribution < -0.4 is 20.2 Å². The second-order valence-electron chi connectivity index (χ2n) is 8.22. The number of carbonyl (C=O) groups excluding carboxylic acids is 1. The molecule has 4 aromatic rings. The number of allylic oxidation sites excluding steroid dienone is 1. The average Bonchev–Trinajstić information content (AvgIpc) is 3.15. The lowest BCUT2D eigenvalue weighted by molar-refractivity contribution is -0.113. The fourth-order valence-corrected chi connectivity index (χ4v) is 5.14. The van der Waals surface area contributed by atoms with E-state index in [2.05, 4.69) is 10.3 Å². The number of anilines is 1. The fourth-order valence-electron chi connectivity index (χ4n) is 4.10. The Morgan fingerprint density at radius 3 is 2.26 bits per heavy atom. The van der Waals surface area contributed by atoms with Crippen molar-refractivity contribution in [2.75, 3.05) is 5.32 Å². The van der Waals surface area contributed by atoms with Crippen molar-refractivity contribution in [3.8, 4) is 0 Å². The predicted molar refractivity (Wildman–Crippen MR) is 136 cm³/mol. The second-order valence-corrected chi connectivity index (χ2v) is 9.23. The van der Waals surface area contributed by atoms with E-state index in [-0.39, 0.29) is 11.5 Å². The average molecular weight is 466 g/mol. The number of carbonyl (C=O) groups is 1. The number of hydrogen-bond acceptors (Lipinski definition) is 4. The zero-order chi connectivity index (χ0) is 23.7. The van der Waals surface area contributed by atoms with Crippen LogP contribution in [-0.4, -0.2) is 10.5 Å². The number of thiazole rings is 1. The van der Waals surface area contributed by atoms with E-state index in [4.69, 9.17) is 0 Å². The first-order chi connectivity index (χ1) is 16.5. The van der Waals surface area contributed by atoms with Crippen LogP contribution in [0.2, 0.25) is 0 Å². The number of benzene rings is 3. The minimum Gasteiger partial charge on any atom is -0.322 e. The predicted octanol–water partition coefficient (Wildman–Crippen LogP) is 4.18. The molecule has 5 rings (SSSR count). The van der Waals surface area contributed by atoms with Crippen LogP contribution in [0.25, 0.3) is 6.08 Å². The molecule has 5 nitrogen and oxygen atoms in total. The van der Waals surface area contributed by atoms with E-state index in [0.717, 1.165) is 16.7 Å². The van der Waals surface area contributed by atoms with Gasteiger partial charge < -0.3 is 5.32 Å². The number of hydrogen-bond donors (Lipinski definition) is 1. The highest BCUT2D eigenvalue weighted by molar-refractivity contribution is 7.07. The quantitative estimate of drug-likeness (QED) is 0.491. The summed E-state index contributed by atoms with van der Waals surface area (Å²) in [6, 6.07) is 26.4. The number of amides is 1. The third kappa shape index (κ3) is 4.16. The molecular weight excluding hydrogens is 442 g/mol. The first-order valence-corrected chi connectivity index (χ1v) is 11.8. The zero-order valence-corrected chi connectivity index (χ0v) is 19.7. The van der Waals surface area contributed by atoms with E-state index in [1.165, 1.54) is 11.3 Å². The van der Waals surface area contributed by atoms with E-state index >= 15 is 0 Å². The first-order valence-electron chi connectivity index (χ1n) is 11.0. The summed E-state index contributed by atoms with van der Waals surface area (Å²) in [5.74, 6) is -0.269. The Balaban J connectivity index is 1.66. The minimum absolute atomic E-state index is 0.157. The molecule has 2 heterocycles. The molecule has 1 aromatic heterocycles. The maximum atomic E-state index is 13.6. The van der Waals surface area contributed by atoms with Crippen LogP contribution in [0.3, 0.4) is 0 Å². The summed E-state index contributed by atoms with van der Waals surface area (Å²) >= 11 is 1.34. The Labute approximate surface area is 201 Å². The third-order valence-electron chi connectivity index (χ3n) is 5.79. The van der Waals surface area contributed by atoms with Gasteiger partial charge in [-0.25, -0.2) is 4.99 Å². The van der Waals surface area contributed by atoms with Gasteiger partial charge in [0.05, 0.1) is 21.8 Å². The van der Waals surface area contributed by atoms with Crippen LogP contribution in [0.1, 0.15) is 29.7 Å².